The van der Waals surface area contributed by atoms with Gasteiger partial charge in [0.05, 0.1) is 0 Å². The molecule has 0 atom stereocenters. The Balaban J connectivity index is 2.17. The monoisotopic (exact) mass is 277 g/mol. The number of aromatic amines is 1. The van der Waals surface area contributed by atoms with Crippen molar-refractivity contribution in [3.05, 3.63) is 57.5 Å². The van der Waals surface area contributed by atoms with Crippen molar-refractivity contribution in [2.75, 3.05) is 5.32 Å². The number of rotatable bonds is 3. The van der Waals surface area contributed by atoms with Gasteiger partial charge in [0.1, 0.15) is 0 Å². The van der Waals surface area contributed by atoms with Gasteiger partial charge in [0.2, 0.25) is 5.95 Å². The molecular weight excluding hydrogens is 266 g/mol. The number of halogens is 1. The molecule has 0 aliphatic heterocycles. The molecule has 6 heteroatoms. The lowest BCUT2D eigenvalue weighted by atomic mass is 10.1. The Bertz CT molecular complexity index is 650. The largest absolute Gasteiger partial charge is 0.292 e. The van der Waals surface area contributed by atoms with Crippen LogP contribution in [-0.2, 0) is 5.88 Å². The minimum Gasteiger partial charge on any atom is -0.292 e. The third-order valence-electron chi connectivity index (χ3n) is 2.47. The quantitative estimate of drug-likeness (QED) is 0.844. The maximum absolute atomic E-state index is 11.9. The normalized spacial score (nSPS) is 10.2. The van der Waals surface area contributed by atoms with Crippen molar-refractivity contribution in [1.82, 2.24) is 9.97 Å². The number of nitrogens with one attached hydrogen (secondary N) is 2. The van der Waals surface area contributed by atoms with Gasteiger partial charge >= 0.3 is 0 Å². The van der Waals surface area contributed by atoms with Crippen molar-refractivity contribution >= 4 is 23.5 Å². The van der Waals surface area contributed by atoms with Gasteiger partial charge in [-0.1, -0.05) is 12.1 Å². The second-order valence-electron chi connectivity index (χ2n) is 4.02. The number of hydrogen-bond donors (Lipinski definition) is 2. The molecule has 1 heterocycles. The number of H-pyrrole nitrogens is 1. The summed E-state index contributed by atoms with van der Waals surface area (Å²) in [6.07, 6.45) is 0. The van der Waals surface area contributed by atoms with E-state index in [9.17, 15) is 9.59 Å². The Labute approximate surface area is 114 Å². The number of anilines is 1. The fourth-order valence-corrected chi connectivity index (χ4v) is 1.74. The van der Waals surface area contributed by atoms with E-state index in [2.05, 4.69) is 15.3 Å². The van der Waals surface area contributed by atoms with Gasteiger partial charge < -0.3 is 0 Å². The minimum absolute atomic E-state index is 0.136. The zero-order valence-corrected chi connectivity index (χ0v) is 11.0. The maximum Gasteiger partial charge on any atom is 0.257 e. The highest BCUT2D eigenvalue weighted by Gasteiger charge is 2.07. The van der Waals surface area contributed by atoms with Crippen LogP contribution in [0.1, 0.15) is 21.6 Å². The molecule has 0 radical (unpaired) electrons. The molecule has 1 aromatic carbocycles. The van der Waals surface area contributed by atoms with Gasteiger partial charge in [-0.05, 0) is 24.6 Å². The molecule has 2 aromatic rings. The molecule has 0 fully saturated rings. The number of carbonyl (C=O) groups is 1. The maximum atomic E-state index is 11.9. The van der Waals surface area contributed by atoms with Gasteiger partial charge in [0.15, 0.2) is 0 Å². The molecule has 0 unspecified atom stereocenters. The molecule has 1 aromatic heterocycles. The molecule has 5 nitrogen and oxygen atoms in total. The van der Waals surface area contributed by atoms with E-state index < -0.39 is 0 Å². The summed E-state index contributed by atoms with van der Waals surface area (Å²) in [7, 11) is 0. The van der Waals surface area contributed by atoms with Crippen LogP contribution in [0.5, 0.6) is 0 Å². The van der Waals surface area contributed by atoms with Crippen LogP contribution in [0.4, 0.5) is 5.95 Å². The van der Waals surface area contributed by atoms with Crippen molar-refractivity contribution < 1.29 is 4.79 Å². The number of alkyl halides is 1. The van der Waals surface area contributed by atoms with Crippen LogP contribution in [-0.4, -0.2) is 15.9 Å². The Kier molecular flexibility index (Phi) is 3.97. The van der Waals surface area contributed by atoms with Gasteiger partial charge in [0.25, 0.3) is 11.5 Å². The fraction of sp³-hybridized carbons (Fsp3) is 0.154. The predicted octanol–water partition coefficient (Wildman–Crippen LogP) is 2.07. The van der Waals surface area contributed by atoms with E-state index in [4.69, 9.17) is 11.6 Å². The van der Waals surface area contributed by atoms with Crippen LogP contribution in [0.25, 0.3) is 0 Å². The van der Waals surface area contributed by atoms with Crippen LogP contribution in [0.15, 0.2) is 35.1 Å². The smallest absolute Gasteiger partial charge is 0.257 e. The highest BCUT2D eigenvalue weighted by Crippen LogP contribution is 2.08. The van der Waals surface area contributed by atoms with Crippen molar-refractivity contribution in [2.24, 2.45) is 0 Å². The minimum atomic E-state index is -0.338. The molecular formula is C13H12ClN3O2. The zero-order valence-electron chi connectivity index (χ0n) is 10.2. The summed E-state index contributed by atoms with van der Waals surface area (Å²) in [6.45, 7) is 1.68. The molecule has 98 valence electrons. The Morgan fingerprint density at radius 3 is 2.63 bits per heavy atom. The Hall–Kier alpha value is -2.14. The lowest BCUT2D eigenvalue weighted by Crippen LogP contribution is -2.18. The highest BCUT2D eigenvalue weighted by atomic mass is 35.5. The highest BCUT2D eigenvalue weighted by molar-refractivity contribution is 6.17. The number of carbonyl (C=O) groups excluding carboxylic acids is 1. The number of nitrogens with zero attached hydrogens (tertiary/aromatic N) is 1. The van der Waals surface area contributed by atoms with Gasteiger partial charge in [-0.25, -0.2) is 4.98 Å². The molecule has 0 bridgehead atoms. The van der Waals surface area contributed by atoms with Crippen molar-refractivity contribution in [1.29, 1.82) is 0 Å². The summed E-state index contributed by atoms with van der Waals surface area (Å²) in [6, 6.07) is 8.23. The third kappa shape index (κ3) is 3.42. The second kappa shape index (κ2) is 5.67. The van der Waals surface area contributed by atoms with E-state index in [1.165, 1.54) is 6.07 Å². The molecule has 0 saturated carbocycles. The first-order valence-corrected chi connectivity index (χ1v) is 6.16. The SMILES string of the molecule is Cc1cc(=O)[nH]c(NC(=O)c2ccc(CCl)cc2)n1. The first-order valence-electron chi connectivity index (χ1n) is 5.62. The summed E-state index contributed by atoms with van der Waals surface area (Å²) in [4.78, 5) is 29.7. The van der Waals surface area contributed by atoms with E-state index in [1.54, 1.807) is 31.2 Å². The predicted molar refractivity (Wildman–Crippen MR) is 73.5 cm³/mol. The summed E-state index contributed by atoms with van der Waals surface area (Å²) in [5, 5.41) is 2.54. The standard InChI is InChI=1S/C13H12ClN3O2/c1-8-6-11(18)16-13(15-8)17-12(19)10-4-2-9(7-14)3-5-10/h2-6H,7H2,1H3,(H2,15,16,17,18,19). The molecule has 2 rings (SSSR count). The average Bonchev–Trinajstić information content (AvgIpc) is 2.37. The molecule has 2 N–H and O–H groups in total. The summed E-state index contributed by atoms with van der Waals surface area (Å²) >= 11 is 5.67. The van der Waals surface area contributed by atoms with Crippen molar-refractivity contribution in [3.63, 3.8) is 0 Å². The van der Waals surface area contributed by atoms with Gasteiger partial charge in [-0.2, -0.15) is 0 Å². The zero-order chi connectivity index (χ0) is 13.8. The first kappa shape index (κ1) is 13.3. The Morgan fingerprint density at radius 1 is 1.37 bits per heavy atom. The van der Waals surface area contributed by atoms with Crippen molar-refractivity contribution in [3.8, 4) is 0 Å². The number of hydrogen-bond acceptors (Lipinski definition) is 3. The second-order valence-corrected chi connectivity index (χ2v) is 4.29. The summed E-state index contributed by atoms with van der Waals surface area (Å²) in [5.41, 5.74) is 1.63. The lowest BCUT2D eigenvalue weighted by Gasteiger charge is -2.05. The molecule has 0 aliphatic carbocycles. The van der Waals surface area contributed by atoms with Crippen LogP contribution in [0, 0.1) is 6.92 Å². The van der Waals surface area contributed by atoms with Crippen LogP contribution in [0.3, 0.4) is 0 Å². The van der Waals surface area contributed by atoms with E-state index in [1.807, 2.05) is 0 Å². The average molecular weight is 278 g/mol. The number of aromatic nitrogens is 2. The number of benzene rings is 1. The van der Waals surface area contributed by atoms with Crippen LogP contribution >= 0.6 is 11.6 Å². The van der Waals surface area contributed by atoms with Gasteiger partial charge in [-0.15, -0.1) is 11.6 Å². The van der Waals surface area contributed by atoms with Crippen molar-refractivity contribution in [2.45, 2.75) is 12.8 Å². The third-order valence-corrected chi connectivity index (χ3v) is 2.78. The number of aryl methyl sites for hydroxylation is 1. The Morgan fingerprint density at radius 2 is 2.05 bits per heavy atom. The van der Waals surface area contributed by atoms with E-state index >= 15 is 0 Å². The van der Waals surface area contributed by atoms with E-state index in [-0.39, 0.29) is 17.4 Å². The van der Waals surface area contributed by atoms with Gasteiger partial charge in [-0.3, -0.25) is 19.9 Å². The summed E-state index contributed by atoms with van der Waals surface area (Å²) in [5.74, 6) is 0.195. The molecule has 0 spiro atoms. The topological polar surface area (TPSA) is 74.8 Å². The van der Waals surface area contributed by atoms with Gasteiger partial charge in [0, 0.05) is 23.2 Å². The lowest BCUT2D eigenvalue weighted by molar-refractivity contribution is 0.102. The molecule has 0 saturated heterocycles. The summed E-state index contributed by atoms with van der Waals surface area (Å²) < 4.78 is 0. The molecule has 0 aliphatic rings. The first-order chi connectivity index (χ1) is 9.08. The van der Waals surface area contributed by atoms with Crippen LogP contribution in [0.2, 0.25) is 0 Å². The van der Waals surface area contributed by atoms with E-state index in [0.29, 0.717) is 17.1 Å². The fourth-order valence-electron chi connectivity index (χ4n) is 1.56. The van der Waals surface area contributed by atoms with E-state index in [0.717, 1.165) is 5.56 Å². The molecule has 19 heavy (non-hydrogen) atoms. The molecule has 1 amide bonds. The van der Waals surface area contributed by atoms with Crippen LogP contribution < -0.4 is 10.9 Å². The number of amides is 1.